The van der Waals surface area contributed by atoms with Crippen LogP contribution in [0, 0.1) is 21.4 Å². The molecule has 1 aromatic rings. The van der Waals surface area contributed by atoms with Gasteiger partial charge in [0.15, 0.2) is 0 Å². The third-order valence-corrected chi connectivity index (χ3v) is 1.88. The minimum absolute atomic E-state index is 0.0671. The Morgan fingerprint density at radius 2 is 2.21 bits per heavy atom. The molecule has 5 nitrogen and oxygen atoms in total. The molecule has 0 amide bonds. The van der Waals surface area contributed by atoms with Crippen LogP contribution in [0.25, 0.3) is 0 Å². The predicted molar refractivity (Wildman–Crippen MR) is 49.5 cm³/mol. The molecule has 0 bridgehead atoms. The van der Waals surface area contributed by atoms with Gasteiger partial charge in [-0.15, -0.1) is 0 Å². The van der Waals surface area contributed by atoms with Crippen LogP contribution in [-0.2, 0) is 5.41 Å². The van der Waals surface area contributed by atoms with Gasteiger partial charge in [-0.05, 0) is 19.9 Å². The van der Waals surface area contributed by atoms with Gasteiger partial charge < -0.3 is 0 Å². The second kappa shape index (κ2) is 3.42. The van der Waals surface area contributed by atoms with Gasteiger partial charge in [0.1, 0.15) is 6.20 Å². The summed E-state index contributed by atoms with van der Waals surface area (Å²) in [4.78, 5) is 13.7. The van der Waals surface area contributed by atoms with Crippen LogP contribution in [0.5, 0.6) is 0 Å². The molecular formula is C9H9N3O2. The molecule has 14 heavy (non-hydrogen) atoms. The average molecular weight is 191 g/mol. The van der Waals surface area contributed by atoms with Crippen molar-refractivity contribution in [1.29, 1.82) is 5.26 Å². The molecule has 0 aliphatic carbocycles. The van der Waals surface area contributed by atoms with Gasteiger partial charge in [0.05, 0.1) is 22.1 Å². The summed E-state index contributed by atoms with van der Waals surface area (Å²) >= 11 is 0. The van der Waals surface area contributed by atoms with Gasteiger partial charge in [-0.2, -0.15) is 5.26 Å². The van der Waals surface area contributed by atoms with Crippen molar-refractivity contribution in [2.24, 2.45) is 0 Å². The molecule has 0 fully saturated rings. The summed E-state index contributed by atoms with van der Waals surface area (Å²) in [5, 5.41) is 19.1. The molecule has 0 N–H and O–H groups in total. The van der Waals surface area contributed by atoms with E-state index in [0.717, 1.165) is 6.20 Å². The maximum Gasteiger partial charge on any atom is 0.287 e. The lowest BCUT2D eigenvalue weighted by molar-refractivity contribution is -0.385. The van der Waals surface area contributed by atoms with E-state index in [2.05, 4.69) is 11.1 Å². The molecule has 0 atom stereocenters. The number of nitro groups is 1. The minimum Gasteiger partial charge on any atom is -0.258 e. The maximum absolute atomic E-state index is 10.3. The fourth-order valence-corrected chi connectivity index (χ4v) is 0.921. The number of rotatable bonds is 2. The van der Waals surface area contributed by atoms with Crippen LogP contribution in [0.2, 0.25) is 0 Å². The highest BCUT2D eigenvalue weighted by Gasteiger charge is 2.21. The van der Waals surface area contributed by atoms with Crippen LogP contribution < -0.4 is 0 Å². The van der Waals surface area contributed by atoms with Crippen molar-refractivity contribution in [1.82, 2.24) is 4.98 Å². The van der Waals surface area contributed by atoms with E-state index in [1.807, 2.05) is 0 Å². The van der Waals surface area contributed by atoms with Crippen LogP contribution in [0.3, 0.4) is 0 Å². The Bertz CT molecular complexity index is 390. The zero-order valence-electron chi connectivity index (χ0n) is 7.89. The molecule has 0 aliphatic heterocycles. The monoisotopic (exact) mass is 191 g/mol. The summed E-state index contributed by atoms with van der Waals surface area (Å²) in [6.07, 6.45) is 1.16. The summed E-state index contributed by atoms with van der Waals surface area (Å²) < 4.78 is 0. The number of aromatic nitrogens is 1. The first-order valence-electron chi connectivity index (χ1n) is 3.99. The van der Waals surface area contributed by atoms with Gasteiger partial charge in [0.25, 0.3) is 5.69 Å². The van der Waals surface area contributed by atoms with Crippen molar-refractivity contribution >= 4 is 5.69 Å². The minimum atomic E-state index is -0.713. The first-order valence-corrected chi connectivity index (χ1v) is 3.99. The van der Waals surface area contributed by atoms with Crippen molar-refractivity contribution in [2.45, 2.75) is 19.3 Å². The molecule has 0 aliphatic rings. The van der Waals surface area contributed by atoms with E-state index < -0.39 is 10.3 Å². The van der Waals surface area contributed by atoms with E-state index in [-0.39, 0.29) is 5.69 Å². The van der Waals surface area contributed by atoms with E-state index in [1.165, 1.54) is 12.1 Å². The van der Waals surface area contributed by atoms with E-state index in [4.69, 9.17) is 5.26 Å². The molecule has 5 heteroatoms. The molecule has 1 heterocycles. The number of hydrogen-bond acceptors (Lipinski definition) is 4. The van der Waals surface area contributed by atoms with Crippen molar-refractivity contribution in [2.75, 3.05) is 0 Å². The number of nitriles is 1. The zero-order valence-corrected chi connectivity index (χ0v) is 7.89. The van der Waals surface area contributed by atoms with Crippen LogP contribution in [0.4, 0.5) is 5.69 Å². The highest BCUT2D eigenvalue weighted by molar-refractivity contribution is 5.31. The van der Waals surface area contributed by atoms with Crippen LogP contribution in [-0.4, -0.2) is 9.91 Å². The van der Waals surface area contributed by atoms with Gasteiger partial charge in [-0.3, -0.25) is 15.1 Å². The number of nitrogens with zero attached hydrogens (tertiary/aromatic N) is 3. The Morgan fingerprint density at radius 1 is 1.57 bits per heavy atom. The Hall–Kier alpha value is -1.96. The number of hydrogen-bond donors (Lipinski definition) is 0. The molecule has 0 saturated carbocycles. The Labute approximate surface area is 81.2 Å². The highest BCUT2D eigenvalue weighted by atomic mass is 16.6. The highest BCUT2D eigenvalue weighted by Crippen LogP contribution is 2.21. The summed E-state index contributed by atoms with van der Waals surface area (Å²) in [6, 6.07) is 4.92. The van der Waals surface area contributed by atoms with E-state index in [0.29, 0.717) is 5.69 Å². The van der Waals surface area contributed by atoms with E-state index in [1.54, 1.807) is 13.8 Å². The summed E-state index contributed by atoms with van der Waals surface area (Å²) in [6.45, 7) is 3.42. The third kappa shape index (κ3) is 1.85. The topological polar surface area (TPSA) is 79.8 Å². The Kier molecular flexibility index (Phi) is 2.47. The maximum atomic E-state index is 10.3. The van der Waals surface area contributed by atoms with E-state index >= 15 is 0 Å². The molecule has 1 rings (SSSR count). The second-order valence-electron chi connectivity index (χ2n) is 3.40. The summed E-state index contributed by atoms with van der Waals surface area (Å²) in [5.41, 5.74) is -0.247. The standard InChI is InChI=1S/C9H9N3O2/c1-9(2,6-10)8-4-3-7(5-11-8)12(13)14/h3-5H,1-2H3. The second-order valence-corrected chi connectivity index (χ2v) is 3.40. The molecule has 1 aromatic heterocycles. The quantitative estimate of drug-likeness (QED) is 0.527. The predicted octanol–water partition coefficient (Wildman–Crippen LogP) is 1.79. The zero-order chi connectivity index (χ0) is 10.8. The lowest BCUT2D eigenvalue weighted by Gasteiger charge is -2.13. The van der Waals surface area contributed by atoms with Gasteiger partial charge in [0.2, 0.25) is 0 Å². The fourth-order valence-electron chi connectivity index (χ4n) is 0.921. The number of pyridine rings is 1. The fraction of sp³-hybridized carbons (Fsp3) is 0.333. The molecule has 0 radical (unpaired) electrons. The Balaban J connectivity index is 3.07. The normalized spacial score (nSPS) is 10.6. The summed E-state index contributed by atoms with van der Waals surface area (Å²) in [7, 11) is 0. The van der Waals surface area contributed by atoms with Gasteiger partial charge in [0, 0.05) is 6.07 Å². The lowest BCUT2D eigenvalue weighted by atomic mass is 9.91. The molecule has 0 aromatic carbocycles. The summed E-state index contributed by atoms with van der Waals surface area (Å²) in [5.74, 6) is 0. The molecule has 72 valence electrons. The van der Waals surface area contributed by atoms with Crippen molar-refractivity contribution in [3.8, 4) is 6.07 Å². The largest absolute Gasteiger partial charge is 0.287 e. The molecular weight excluding hydrogens is 182 g/mol. The van der Waals surface area contributed by atoms with Crippen molar-refractivity contribution in [3.63, 3.8) is 0 Å². The van der Waals surface area contributed by atoms with Crippen molar-refractivity contribution in [3.05, 3.63) is 34.1 Å². The van der Waals surface area contributed by atoms with Gasteiger partial charge in [-0.1, -0.05) is 0 Å². The first-order chi connectivity index (χ1) is 6.47. The molecule has 0 saturated heterocycles. The van der Waals surface area contributed by atoms with Gasteiger partial charge in [-0.25, -0.2) is 0 Å². The smallest absolute Gasteiger partial charge is 0.258 e. The van der Waals surface area contributed by atoms with Crippen LogP contribution >= 0.6 is 0 Å². The van der Waals surface area contributed by atoms with Crippen LogP contribution in [0.15, 0.2) is 18.3 Å². The third-order valence-electron chi connectivity index (χ3n) is 1.88. The van der Waals surface area contributed by atoms with Gasteiger partial charge >= 0.3 is 0 Å². The lowest BCUT2D eigenvalue weighted by Crippen LogP contribution is -2.15. The van der Waals surface area contributed by atoms with E-state index in [9.17, 15) is 10.1 Å². The first kappa shape index (κ1) is 10.1. The molecule has 0 unspecified atom stereocenters. The van der Waals surface area contributed by atoms with Crippen LogP contribution in [0.1, 0.15) is 19.5 Å². The molecule has 0 spiro atoms. The Morgan fingerprint density at radius 3 is 2.57 bits per heavy atom. The average Bonchev–Trinajstić information content (AvgIpc) is 2.18. The van der Waals surface area contributed by atoms with Crippen molar-refractivity contribution < 1.29 is 4.92 Å². The SMILES string of the molecule is CC(C)(C#N)c1ccc([N+](=O)[O-])cn1.